The molecule has 2 aromatic rings. The molecule has 2 heterocycles. The highest BCUT2D eigenvalue weighted by Crippen LogP contribution is 2.32. The van der Waals surface area contributed by atoms with Crippen molar-refractivity contribution < 1.29 is 4.74 Å². The summed E-state index contributed by atoms with van der Waals surface area (Å²) in [5.41, 5.74) is 2.86. The minimum Gasteiger partial charge on any atom is -0.383 e. The van der Waals surface area contributed by atoms with Gasteiger partial charge in [0.2, 0.25) is 0 Å². The summed E-state index contributed by atoms with van der Waals surface area (Å²) in [5.74, 6) is 0.704. The monoisotopic (exact) mass is 258 g/mol. The fourth-order valence-electron chi connectivity index (χ4n) is 3.11. The molecule has 0 radical (unpaired) electrons. The first-order valence-corrected chi connectivity index (χ1v) is 7.17. The van der Waals surface area contributed by atoms with Crippen LogP contribution >= 0.6 is 0 Å². The number of fused-ring (bicyclic) bond motifs is 1. The van der Waals surface area contributed by atoms with Crippen molar-refractivity contribution in [1.29, 1.82) is 0 Å². The second-order valence-corrected chi connectivity index (χ2v) is 5.31. The van der Waals surface area contributed by atoms with Gasteiger partial charge in [-0.1, -0.05) is 18.2 Å². The minimum atomic E-state index is 0.704. The van der Waals surface area contributed by atoms with E-state index in [4.69, 9.17) is 4.74 Å². The molecule has 19 heavy (non-hydrogen) atoms. The lowest BCUT2D eigenvalue weighted by atomic mass is 9.90. The Bertz CT molecular complexity index is 541. The summed E-state index contributed by atoms with van der Waals surface area (Å²) in [4.78, 5) is 0. The maximum Gasteiger partial charge on any atom is 0.0641 e. The van der Waals surface area contributed by atoms with Crippen molar-refractivity contribution >= 4 is 10.9 Å². The van der Waals surface area contributed by atoms with E-state index in [0.717, 1.165) is 26.2 Å². The molecule has 1 aliphatic heterocycles. The number of aromatic nitrogens is 1. The smallest absolute Gasteiger partial charge is 0.0641 e. The van der Waals surface area contributed by atoms with Gasteiger partial charge in [-0.2, -0.15) is 0 Å². The molecule has 1 saturated heterocycles. The van der Waals surface area contributed by atoms with E-state index < -0.39 is 0 Å². The second-order valence-electron chi connectivity index (χ2n) is 5.31. The fraction of sp³-hybridized carbons (Fsp3) is 0.500. The molecule has 0 spiro atoms. The molecule has 0 unspecified atom stereocenters. The number of ether oxygens (including phenoxy) is 1. The topological polar surface area (TPSA) is 26.2 Å². The van der Waals surface area contributed by atoms with Crippen LogP contribution in [-0.2, 0) is 11.3 Å². The van der Waals surface area contributed by atoms with Crippen LogP contribution in [0.4, 0.5) is 0 Å². The third-order valence-corrected chi connectivity index (χ3v) is 4.13. The maximum absolute atomic E-state index is 5.22. The van der Waals surface area contributed by atoms with E-state index in [2.05, 4.69) is 40.3 Å². The molecule has 1 aromatic carbocycles. The molecule has 0 amide bonds. The Labute approximate surface area is 114 Å². The van der Waals surface area contributed by atoms with Crippen molar-refractivity contribution in [2.24, 2.45) is 0 Å². The van der Waals surface area contributed by atoms with Crippen LogP contribution in [0.1, 0.15) is 24.3 Å². The van der Waals surface area contributed by atoms with Crippen molar-refractivity contribution in [2.75, 3.05) is 26.8 Å². The van der Waals surface area contributed by atoms with Gasteiger partial charge < -0.3 is 14.6 Å². The zero-order valence-electron chi connectivity index (χ0n) is 11.6. The van der Waals surface area contributed by atoms with Crippen LogP contribution in [0.5, 0.6) is 0 Å². The molecule has 1 aromatic heterocycles. The Morgan fingerprint density at radius 3 is 2.84 bits per heavy atom. The SMILES string of the molecule is COCCn1cc(C2CCNCC2)c2ccccc21. The van der Waals surface area contributed by atoms with E-state index in [1.807, 2.05) is 0 Å². The molecule has 3 heteroatoms. The molecule has 1 fully saturated rings. The Hall–Kier alpha value is -1.32. The van der Waals surface area contributed by atoms with E-state index in [0.29, 0.717) is 5.92 Å². The summed E-state index contributed by atoms with van der Waals surface area (Å²) in [6.07, 6.45) is 4.84. The number of nitrogens with zero attached hydrogens (tertiary/aromatic N) is 1. The number of methoxy groups -OCH3 is 1. The van der Waals surface area contributed by atoms with Crippen LogP contribution in [0, 0.1) is 0 Å². The third-order valence-electron chi connectivity index (χ3n) is 4.13. The quantitative estimate of drug-likeness (QED) is 0.912. The van der Waals surface area contributed by atoms with Gasteiger partial charge in [-0.25, -0.2) is 0 Å². The van der Waals surface area contributed by atoms with Gasteiger partial charge in [0.05, 0.1) is 6.61 Å². The third kappa shape index (κ3) is 2.53. The summed E-state index contributed by atoms with van der Waals surface area (Å²) in [6.45, 7) is 3.98. The Balaban J connectivity index is 1.98. The van der Waals surface area contributed by atoms with E-state index in [1.165, 1.54) is 29.3 Å². The summed E-state index contributed by atoms with van der Waals surface area (Å²) in [6, 6.07) is 8.75. The Kier molecular flexibility index (Phi) is 3.85. The highest BCUT2D eigenvalue weighted by Gasteiger charge is 2.19. The minimum absolute atomic E-state index is 0.704. The van der Waals surface area contributed by atoms with Crippen molar-refractivity contribution in [3.8, 4) is 0 Å². The van der Waals surface area contributed by atoms with E-state index in [9.17, 15) is 0 Å². The van der Waals surface area contributed by atoms with Gasteiger partial charge in [0.1, 0.15) is 0 Å². The lowest BCUT2D eigenvalue weighted by Crippen LogP contribution is -2.26. The van der Waals surface area contributed by atoms with Gasteiger partial charge in [-0.05, 0) is 43.5 Å². The number of piperidine rings is 1. The van der Waals surface area contributed by atoms with Crippen molar-refractivity contribution in [2.45, 2.75) is 25.3 Å². The van der Waals surface area contributed by atoms with Crippen LogP contribution < -0.4 is 5.32 Å². The van der Waals surface area contributed by atoms with Gasteiger partial charge in [0, 0.05) is 30.8 Å². The number of nitrogens with one attached hydrogen (secondary N) is 1. The zero-order chi connectivity index (χ0) is 13.1. The molecule has 1 N–H and O–H groups in total. The van der Waals surface area contributed by atoms with E-state index in [-0.39, 0.29) is 0 Å². The summed E-state index contributed by atoms with van der Waals surface area (Å²) in [5, 5.41) is 4.87. The standard InChI is InChI=1S/C16H22N2O/c1-19-11-10-18-12-15(13-6-8-17-9-7-13)14-4-2-3-5-16(14)18/h2-5,12-13,17H,6-11H2,1H3. The van der Waals surface area contributed by atoms with Gasteiger partial charge in [0.15, 0.2) is 0 Å². The molecule has 3 rings (SSSR count). The molecular weight excluding hydrogens is 236 g/mol. The number of hydrogen-bond acceptors (Lipinski definition) is 2. The zero-order valence-corrected chi connectivity index (χ0v) is 11.6. The van der Waals surface area contributed by atoms with Crippen LogP contribution in [0.25, 0.3) is 10.9 Å². The molecule has 3 nitrogen and oxygen atoms in total. The predicted molar refractivity (Wildman–Crippen MR) is 78.7 cm³/mol. The van der Waals surface area contributed by atoms with Crippen LogP contribution in [-0.4, -0.2) is 31.4 Å². The first kappa shape index (κ1) is 12.7. The molecule has 0 saturated carbocycles. The van der Waals surface area contributed by atoms with E-state index in [1.54, 1.807) is 7.11 Å². The lowest BCUT2D eigenvalue weighted by Gasteiger charge is -2.22. The van der Waals surface area contributed by atoms with Crippen molar-refractivity contribution in [3.05, 3.63) is 36.0 Å². The fourth-order valence-corrected chi connectivity index (χ4v) is 3.11. The summed E-state index contributed by atoms with van der Waals surface area (Å²) >= 11 is 0. The predicted octanol–water partition coefficient (Wildman–Crippen LogP) is 2.75. The van der Waals surface area contributed by atoms with Crippen LogP contribution in [0.3, 0.4) is 0 Å². The molecular formula is C16H22N2O. The summed E-state index contributed by atoms with van der Waals surface area (Å²) in [7, 11) is 1.76. The lowest BCUT2D eigenvalue weighted by molar-refractivity contribution is 0.188. The number of rotatable bonds is 4. The maximum atomic E-state index is 5.22. The number of para-hydroxylation sites is 1. The van der Waals surface area contributed by atoms with Gasteiger partial charge >= 0.3 is 0 Å². The Morgan fingerprint density at radius 1 is 1.26 bits per heavy atom. The van der Waals surface area contributed by atoms with Crippen molar-refractivity contribution in [3.63, 3.8) is 0 Å². The highest BCUT2D eigenvalue weighted by atomic mass is 16.5. The van der Waals surface area contributed by atoms with Crippen LogP contribution in [0.2, 0.25) is 0 Å². The first-order chi connectivity index (χ1) is 9.40. The average molecular weight is 258 g/mol. The molecule has 0 aliphatic carbocycles. The molecule has 0 atom stereocenters. The molecule has 0 bridgehead atoms. The summed E-state index contributed by atoms with van der Waals surface area (Å²) < 4.78 is 7.56. The second kappa shape index (κ2) is 5.76. The van der Waals surface area contributed by atoms with Crippen LogP contribution in [0.15, 0.2) is 30.5 Å². The van der Waals surface area contributed by atoms with E-state index >= 15 is 0 Å². The van der Waals surface area contributed by atoms with Gasteiger partial charge in [-0.15, -0.1) is 0 Å². The van der Waals surface area contributed by atoms with Gasteiger partial charge in [-0.3, -0.25) is 0 Å². The number of benzene rings is 1. The molecule has 102 valence electrons. The van der Waals surface area contributed by atoms with Gasteiger partial charge in [0.25, 0.3) is 0 Å². The molecule has 1 aliphatic rings. The largest absolute Gasteiger partial charge is 0.383 e. The first-order valence-electron chi connectivity index (χ1n) is 7.17. The normalized spacial score (nSPS) is 17.1. The van der Waals surface area contributed by atoms with Crippen molar-refractivity contribution in [1.82, 2.24) is 9.88 Å². The average Bonchev–Trinajstić information content (AvgIpc) is 2.85. The Morgan fingerprint density at radius 2 is 2.05 bits per heavy atom. The highest BCUT2D eigenvalue weighted by molar-refractivity contribution is 5.84. The number of hydrogen-bond donors (Lipinski definition) is 1.